The first kappa shape index (κ1) is 13.4. The number of rotatable bonds is 5. The van der Waals surface area contributed by atoms with Crippen LogP contribution in [0.5, 0.6) is 0 Å². The highest BCUT2D eigenvalue weighted by Gasteiger charge is 2.21. The second-order valence-electron chi connectivity index (χ2n) is 4.82. The molecule has 2 atom stereocenters. The minimum absolute atomic E-state index is 0.000248. The molecule has 1 saturated heterocycles. The Kier molecular flexibility index (Phi) is 5.75. The minimum atomic E-state index is -0.000248. The highest BCUT2D eigenvalue weighted by atomic mass is 15.2. The summed E-state index contributed by atoms with van der Waals surface area (Å²) in [6.45, 7) is 3.37. The molecule has 92 valence electrons. The molecule has 0 saturated carbocycles. The third kappa shape index (κ3) is 4.09. The van der Waals surface area contributed by atoms with Crippen LogP contribution >= 0.6 is 0 Å². The molecule has 2 unspecified atom stereocenters. The lowest BCUT2D eigenvalue weighted by molar-refractivity contribution is 0.131. The van der Waals surface area contributed by atoms with Crippen LogP contribution in [0.4, 0.5) is 0 Å². The predicted octanol–water partition coefficient (Wildman–Crippen LogP) is 0.514. The highest BCUT2D eigenvalue weighted by molar-refractivity contribution is 4.89. The number of piperidine rings is 1. The van der Waals surface area contributed by atoms with Gasteiger partial charge in [0.25, 0.3) is 0 Å². The Morgan fingerprint density at radius 1 is 1.56 bits per heavy atom. The summed E-state index contributed by atoms with van der Waals surface area (Å²) in [7, 11) is 6.16. The molecular formula is C12H24N4. The lowest BCUT2D eigenvalue weighted by Gasteiger charge is -2.36. The summed E-state index contributed by atoms with van der Waals surface area (Å²) in [5.74, 6) is 0. The van der Waals surface area contributed by atoms with Gasteiger partial charge in [-0.1, -0.05) is 0 Å². The van der Waals surface area contributed by atoms with Gasteiger partial charge in [-0.05, 0) is 47.0 Å². The van der Waals surface area contributed by atoms with Crippen LogP contribution in [-0.4, -0.2) is 62.7 Å². The van der Waals surface area contributed by atoms with Gasteiger partial charge in [-0.15, -0.1) is 0 Å². The summed E-state index contributed by atoms with van der Waals surface area (Å²) in [6, 6.07) is 2.96. The molecular weight excluding hydrogens is 200 g/mol. The van der Waals surface area contributed by atoms with Gasteiger partial charge < -0.3 is 15.1 Å². The van der Waals surface area contributed by atoms with Crippen LogP contribution in [0.15, 0.2) is 0 Å². The summed E-state index contributed by atoms with van der Waals surface area (Å²) >= 11 is 0. The Morgan fingerprint density at radius 2 is 2.31 bits per heavy atom. The SMILES string of the molecule is CNC(C#N)CCN1CCCC(N(C)C)C1. The van der Waals surface area contributed by atoms with Gasteiger partial charge in [0.05, 0.1) is 12.1 Å². The van der Waals surface area contributed by atoms with Crippen LogP contribution in [0.25, 0.3) is 0 Å². The van der Waals surface area contributed by atoms with E-state index in [0.717, 1.165) is 19.5 Å². The second-order valence-corrected chi connectivity index (χ2v) is 4.82. The molecule has 1 aliphatic heterocycles. The molecule has 4 nitrogen and oxygen atoms in total. The zero-order chi connectivity index (χ0) is 12.0. The molecule has 1 aliphatic rings. The summed E-state index contributed by atoms with van der Waals surface area (Å²) in [4.78, 5) is 4.79. The van der Waals surface area contributed by atoms with E-state index < -0.39 is 0 Å². The maximum atomic E-state index is 8.86. The average Bonchev–Trinajstić information content (AvgIpc) is 2.31. The monoisotopic (exact) mass is 224 g/mol. The van der Waals surface area contributed by atoms with Crippen molar-refractivity contribution >= 4 is 0 Å². The number of nitrogens with zero attached hydrogens (tertiary/aromatic N) is 3. The number of hydrogen-bond acceptors (Lipinski definition) is 4. The fourth-order valence-electron chi connectivity index (χ4n) is 2.24. The molecule has 1 N–H and O–H groups in total. The van der Waals surface area contributed by atoms with Crippen LogP contribution in [0, 0.1) is 11.3 Å². The maximum absolute atomic E-state index is 8.86. The average molecular weight is 224 g/mol. The number of likely N-dealkylation sites (tertiary alicyclic amines) is 1. The van der Waals surface area contributed by atoms with Crippen LogP contribution in [0.2, 0.25) is 0 Å². The number of nitriles is 1. The van der Waals surface area contributed by atoms with Crippen molar-refractivity contribution in [1.82, 2.24) is 15.1 Å². The Hall–Kier alpha value is -0.630. The largest absolute Gasteiger partial charge is 0.305 e. The quantitative estimate of drug-likeness (QED) is 0.739. The minimum Gasteiger partial charge on any atom is -0.305 e. The topological polar surface area (TPSA) is 42.3 Å². The first-order chi connectivity index (χ1) is 7.67. The first-order valence-electron chi connectivity index (χ1n) is 6.13. The number of likely N-dealkylation sites (N-methyl/N-ethyl adjacent to an activating group) is 1. The summed E-state index contributed by atoms with van der Waals surface area (Å²) in [6.07, 6.45) is 3.50. The van der Waals surface area contributed by atoms with E-state index in [1.807, 2.05) is 7.05 Å². The van der Waals surface area contributed by atoms with E-state index in [2.05, 4.69) is 35.3 Å². The summed E-state index contributed by atoms with van der Waals surface area (Å²) < 4.78 is 0. The Labute approximate surface area is 99.2 Å². The molecule has 0 aromatic heterocycles. The van der Waals surface area contributed by atoms with Gasteiger partial charge in [-0.2, -0.15) is 5.26 Å². The first-order valence-corrected chi connectivity index (χ1v) is 6.13. The van der Waals surface area contributed by atoms with Crippen LogP contribution in [-0.2, 0) is 0 Å². The summed E-state index contributed by atoms with van der Waals surface area (Å²) in [5, 5.41) is 11.9. The van der Waals surface area contributed by atoms with Crippen molar-refractivity contribution < 1.29 is 0 Å². The smallest absolute Gasteiger partial charge is 0.0962 e. The van der Waals surface area contributed by atoms with Gasteiger partial charge in [0.1, 0.15) is 0 Å². The van der Waals surface area contributed by atoms with E-state index >= 15 is 0 Å². The van der Waals surface area contributed by atoms with E-state index in [0.29, 0.717) is 6.04 Å². The van der Waals surface area contributed by atoms with E-state index in [4.69, 9.17) is 5.26 Å². The fraction of sp³-hybridized carbons (Fsp3) is 0.917. The molecule has 0 aromatic carbocycles. The second kappa shape index (κ2) is 6.85. The fourth-order valence-corrected chi connectivity index (χ4v) is 2.24. The van der Waals surface area contributed by atoms with Gasteiger partial charge >= 0.3 is 0 Å². The van der Waals surface area contributed by atoms with Crippen molar-refractivity contribution in [1.29, 1.82) is 5.26 Å². The molecule has 0 amide bonds. The van der Waals surface area contributed by atoms with Crippen molar-refractivity contribution in [3.05, 3.63) is 0 Å². The standard InChI is InChI=1S/C12H24N4/c1-14-11(9-13)6-8-16-7-4-5-12(10-16)15(2)3/h11-12,14H,4-8,10H2,1-3H3. The third-order valence-electron chi connectivity index (χ3n) is 3.45. The van der Waals surface area contributed by atoms with Gasteiger partial charge in [-0.3, -0.25) is 0 Å². The molecule has 0 radical (unpaired) electrons. The van der Waals surface area contributed by atoms with Crippen LogP contribution in [0.1, 0.15) is 19.3 Å². The third-order valence-corrected chi connectivity index (χ3v) is 3.45. The number of nitrogens with one attached hydrogen (secondary N) is 1. The lowest BCUT2D eigenvalue weighted by atomic mass is 10.0. The molecule has 16 heavy (non-hydrogen) atoms. The Balaban J connectivity index is 2.29. The lowest BCUT2D eigenvalue weighted by Crippen LogP contribution is -2.46. The molecule has 1 heterocycles. The predicted molar refractivity (Wildman–Crippen MR) is 66.2 cm³/mol. The normalized spacial score (nSPS) is 24.3. The maximum Gasteiger partial charge on any atom is 0.0962 e. The molecule has 0 aliphatic carbocycles. The van der Waals surface area contributed by atoms with E-state index in [-0.39, 0.29) is 6.04 Å². The van der Waals surface area contributed by atoms with Crippen LogP contribution in [0.3, 0.4) is 0 Å². The van der Waals surface area contributed by atoms with Gasteiger partial charge in [0, 0.05) is 19.1 Å². The van der Waals surface area contributed by atoms with Crippen LogP contribution < -0.4 is 5.32 Å². The van der Waals surface area contributed by atoms with Gasteiger partial charge in [0.2, 0.25) is 0 Å². The zero-order valence-corrected chi connectivity index (χ0v) is 10.7. The van der Waals surface area contributed by atoms with E-state index in [1.54, 1.807) is 0 Å². The number of hydrogen-bond donors (Lipinski definition) is 1. The van der Waals surface area contributed by atoms with Gasteiger partial charge in [-0.25, -0.2) is 0 Å². The van der Waals surface area contributed by atoms with E-state index in [9.17, 15) is 0 Å². The molecule has 0 aromatic rings. The Bertz CT molecular complexity index is 234. The zero-order valence-electron chi connectivity index (χ0n) is 10.7. The van der Waals surface area contributed by atoms with Crippen molar-refractivity contribution in [2.24, 2.45) is 0 Å². The van der Waals surface area contributed by atoms with Crippen molar-refractivity contribution in [2.45, 2.75) is 31.3 Å². The molecule has 4 heteroatoms. The van der Waals surface area contributed by atoms with Crippen molar-refractivity contribution in [3.8, 4) is 6.07 Å². The van der Waals surface area contributed by atoms with Crippen molar-refractivity contribution in [2.75, 3.05) is 40.8 Å². The van der Waals surface area contributed by atoms with E-state index in [1.165, 1.54) is 19.4 Å². The highest BCUT2D eigenvalue weighted by Crippen LogP contribution is 2.14. The molecule has 1 rings (SSSR count). The van der Waals surface area contributed by atoms with Crippen molar-refractivity contribution in [3.63, 3.8) is 0 Å². The summed E-state index contributed by atoms with van der Waals surface area (Å²) in [5.41, 5.74) is 0. The van der Waals surface area contributed by atoms with Gasteiger partial charge in [0.15, 0.2) is 0 Å². The Morgan fingerprint density at radius 3 is 2.88 bits per heavy atom. The molecule has 0 bridgehead atoms. The molecule has 0 spiro atoms. The molecule has 1 fully saturated rings.